The molecule has 0 aliphatic heterocycles. The van der Waals surface area contributed by atoms with Crippen LogP contribution in [0.15, 0.2) is 41.5 Å². The molecule has 0 radical (unpaired) electrons. The van der Waals surface area contributed by atoms with E-state index < -0.39 is 0 Å². The second kappa shape index (κ2) is 6.13. The number of hydrogen-bond donors (Lipinski definition) is 2. The molecule has 3 rings (SSSR count). The van der Waals surface area contributed by atoms with Gasteiger partial charge in [-0.25, -0.2) is 5.43 Å². The molecular formula is C17H19N3O2. The summed E-state index contributed by atoms with van der Waals surface area (Å²) in [5, 5.41) is 6.75. The fourth-order valence-corrected chi connectivity index (χ4v) is 3.16. The van der Waals surface area contributed by atoms with Crippen LogP contribution in [0.4, 0.5) is 5.69 Å². The van der Waals surface area contributed by atoms with Gasteiger partial charge in [-0.3, -0.25) is 9.59 Å². The van der Waals surface area contributed by atoms with Gasteiger partial charge in [0.05, 0.1) is 0 Å². The molecular weight excluding hydrogens is 278 g/mol. The molecule has 2 bridgehead atoms. The minimum Gasteiger partial charge on any atom is -0.326 e. The number of carbonyl (C=O) groups is 2. The van der Waals surface area contributed by atoms with Crippen LogP contribution in [0.5, 0.6) is 0 Å². The highest BCUT2D eigenvalue weighted by Gasteiger charge is 2.34. The van der Waals surface area contributed by atoms with Gasteiger partial charge in [0.15, 0.2) is 0 Å². The number of benzene rings is 1. The van der Waals surface area contributed by atoms with Gasteiger partial charge in [0.2, 0.25) is 5.91 Å². The van der Waals surface area contributed by atoms with Gasteiger partial charge in [-0.15, -0.1) is 0 Å². The number of rotatable bonds is 4. The lowest BCUT2D eigenvalue weighted by Gasteiger charge is -2.11. The maximum atomic E-state index is 12.0. The molecule has 5 heteroatoms. The van der Waals surface area contributed by atoms with Gasteiger partial charge in [-0.1, -0.05) is 12.2 Å². The van der Waals surface area contributed by atoms with Crippen LogP contribution in [-0.2, 0) is 4.79 Å². The zero-order valence-electron chi connectivity index (χ0n) is 12.5. The molecule has 3 unspecified atom stereocenters. The SMILES string of the molecule is CC(=O)Nc1ccc(C(=O)NN=CC2CC3C=CC2C3)cc1. The molecule has 2 aliphatic rings. The van der Waals surface area contributed by atoms with Crippen molar-refractivity contribution in [3.8, 4) is 0 Å². The number of anilines is 1. The van der Waals surface area contributed by atoms with Crippen molar-refractivity contribution in [2.45, 2.75) is 19.8 Å². The number of nitrogens with zero attached hydrogens (tertiary/aromatic N) is 1. The summed E-state index contributed by atoms with van der Waals surface area (Å²) in [5.41, 5.74) is 3.75. The first-order valence-electron chi connectivity index (χ1n) is 7.51. The standard InChI is InChI=1S/C17H19N3O2/c1-11(21)19-16-6-4-13(5-7-16)17(22)20-18-10-15-9-12-2-3-14(15)8-12/h2-7,10,12,14-15H,8-9H2,1H3,(H,19,21)(H,20,22). The molecule has 2 N–H and O–H groups in total. The van der Waals surface area contributed by atoms with Crippen LogP contribution in [0.25, 0.3) is 0 Å². The van der Waals surface area contributed by atoms with Crippen molar-refractivity contribution in [2.24, 2.45) is 22.9 Å². The fraction of sp³-hybridized carbons (Fsp3) is 0.353. The lowest BCUT2D eigenvalue weighted by atomic mass is 9.95. The van der Waals surface area contributed by atoms with E-state index in [4.69, 9.17) is 0 Å². The number of hydrazone groups is 1. The van der Waals surface area contributed by atoms with E-state index in [0.717, 1.165) is 6.42 Å². The summed E-state index contributed by atoms with van der Waals surface area (Å²) in [5.74, 6) is 1.34. The van der Waals surface area contributed by atoms with Crippen molar-refractivity contribution in [3.63, 3.8) is 0 Å². The van der Waals surface area contributed by atoms with Gasteiger partial charge in [-0.2, -0.15) is 5.10 Å². The molecule has 0 heterocycles. The van der Waals surface area contributed by atoms with Crippen molar-refractivity contribution in [2.75, 3.05) is 5.32 Å². The average molecular weight is 297 g/mol. The van der Waals surface area contributed by atoms with Crippen LogP contribution in [-0.4, -0.2) is 18.0 Å². The Morgan fingerprint density at radius 2 is 1.95 bits per heavy atom. The molecule has 2 amide bonds. The van der Waals surface area contributed by atoms with E-state index in [1.807, 2.05) is 6.21 Å². The van der Waals surface area contributed by atoms with Crippen LogP contribution in [0, 0.1) is 17.8 Å². The summed E-state index contributed by atoms with van der Waals surface area (Å²) >= 11 is 0. The summed E-state index contributed by atoms with van der Waals surface area (Å²) in [6, 6.07) is 6.72. The largest absolute Gasteiger partial charge is 0.326 e. The smallest absolute Gasteiger partial charge is 0.271 e. The van der Waals surface area contributed by atoms with E-state index >= 15 is 0 Å². The van der Waals surface area contributed by atoms with E-state index in [-0.39, 0.29) is 11.8 Å². The summed E-state index contributed by atoms with van der Waals surface area (Å²) in [6.45, 7) is 1.44. The Morgan fingerprint density at radius 3 is 2.55 bits per heavy atom. The molecule has 1 aromatic carbocycles. The van der Waals surface area contributed by atoms with Crippen LogP contribution < -0.4 is 10.7 Å². The summed E-state index contributed by atoms with van der Waals surface area (Å²) in [7, 11) is 0. The highest BCUT2D eigenvalue weighted by Crippen LogP contribution is 2.42. The summed E-state index contributed by atoms with van der Waals surface area (Å²) in [4.78, 5) is 22.9. The Kier molecular flexibility index (Phi) is 4.04. The lowest BCUT2D eigenvalue weighted by molar-refractivity contribution is -0.114. The van der Waals surface area contributed by atoms with Gasteiger partial charge in [-0.05, 0) is 48.9 Å². The van der Waals surface area contributed by atoms with E-state index in [0.29, 0.717) is 29.0 Å². The van der Waals surface area contributed by atoms with Crippen molar-refractivity contribution in [1.29, 1.82) is 0 Å². The molecule has 1 aromatic rings. The predicted molar refractivity (Wildman–Crippen MR) is 85.5 cm³/mol. The Balaban J connectivity index is 1.53. The van der Waals surface area contributed by atoms with Crippen molar-refractivity contribution in [1.82, 2.24) is 5.43 Å². The van der Waals surface area contributed by atoms with E-state index in [1.165, 1.54) is 13.3 Å². The van der Waals surface area contributed by atoms with E-state index in [1.54, 1.807) is 24.3 Å². The van der Waals surface area contributed by atoms with Gasteiger partial charge in [0.1, 0.15) is 0 Å². The zero-order valence-corrected chi connectivity index (χ0v) is 12.5. The minimum atomic E-state index is -0.246. The van der Waals surface area contributed by atoms with Gasteiger partial charge >= 0.3 is 0 Å². The molecule has 1 fully saturated rings. The normalized spacial score (nSPS) is 25.6. The average Bonchev–Trinajstić information content (AvgIpc) is 3.10. The van der Waals surface area contributed by atoms with E-state index in [9.17, 15) is 9.59 Å². The van der Waals surface area contributed by atoms with Gasteiger partial charge in [0.25, 0.3) is 5.91 Å². The maximum Gasteiger partial charge on any atom is 0.271 e. The molecule has 0 spiro atoms. The topological polar surface area (TPSA) is 70.6 Å². The first-order valence-corrected chi connectivity index (χ1v) is 7.51. The van der Waals surface area contributed by atoms with Crippen LogP contribution in [0.2, 0.25) is 0 Å². The zero-order chi connectivity index (χ0) is 15.5. The highest BCUT2D eigenvalue weighted by atomic mass is 16.2. The van der Waals surface area contributed by atoms with Crippen molar-refractivity contribution < 1.29 is 9.59 Å². The molecule has 1 saturated carbocycles. The minimum absolute atomic E-state index is 0.137. The molecule has 0 saturated heterocycles. The van der Waals surface area contributed by atoms with Crippen LogP contribution >= 0.6 is 0 Å². The molecule has 2 aliphatic carbocycles. The number of nitrogens with one attached hydrogen (secondary N) is 2. The quantitative estimate of drug-likeness (QED) is 0.509. The monoisotopic (exact) mass is 297 g/mol. The predicted octanol–water partition coefficient (Wildman–Crippen LogP) is 2.57. The van der Waals surface area contributed by atoms with E-state index in [2.05, 4.69) is 28.0 Å². The Labute approximate surface area is 129 Å². The van der Waals surface area contributed by atoms with Crippen molar-refractivity contribution >= 4 is 23.7 Å². The number of allylic oxidation sites excluding steroid dienone is 2. The van der Waals surface area contributed by atoms with Gasteiger partial charge in [0, 0.05) is 30.3 Å². The Bertz CT molecular complexity index is 634. The van der Waals surface area contributed by atoms with Crippen LogP contribution in [0.3, 0.4) is 0 Å². The van der Waals surface area contributed by atoms with Crippen LogP contribution in [0.1, 0.15) is 30.1 Å². The van der Waals surface area contributed by atoms with Crippen molar-refractivity contribution in [3.05, 3.63) is 42.0 Å². The fourth-order valence-electron chi connectivity index (χ4n) is 3.16. The second-order valence-corrected chi connectivity index (χ2v) is 5.92. The molecule has 5 nitrogen and oxygen atoms in total. The first kappa shape index (κ1) is 14.5. The van der Waals surface area contributed by atoms with Gasteiger partial charge < -0.3 is 5.32 Å². The maximum absolute atomic E-state index is 12.0. The number of amides is 2. The summed E-state index contributed by atoms with van der Waals surface area (Å²) < 4.78 is 0. The summed E-state index contributed by atoms with van der Waals surface area (Å²) in [6.07, 6.45) is 8.75. The lowest BCUT2D eigenvalue weighted by Crippen LogP contribution is -2.19. The molecule has 114 valence electrons. The second-order valence-electron chi connectivity index (χ2n) is 5.92. The highest BCUT2D eigenvalue weighted by molar-refractivity contribution is 5.95. The third-order valence-electron chi connectivity index (χ3n) is 4.23. The molecule has 22 heavy (non-hydrogen) atoms. The molecule has 0 aromatic heterocycles. The Hall–Kier alpha value is -2.43. The Morgan fingerprint density at radius 1 is 1.18 bits per heavy atom. The third kappa shape index (κ3) is 3.24. The first-order chi connectivity index (χ1) is 10.6. The number of carbonyl (C=O) groups excluding carboxylic acids is 2. The number of fused-ring (bicyclic) bond motifs is 2. The third-order valence-corrected chi connectivity index (χ3v) is 4.23. The molecule has 3 atom stereocenters. The number of hydrogen-bond acceptors (Lipinski definition) is 3.